The van der Waals surface area contributed by atoms with Gasteiger partial charge in [-0.25, -0.2) is 0 Å². The molecule has 0 heterocycles. The van der Waals surface area contributed by atoms with E-state index >= 15 is 0 Å². The van der Waals surface area contributed by atoms with Gasteiger partial charge in [-0.05, 0) is 36.8 Å². The van der Waals surface area contributed by atoms with Crippen LogP contribution in [0, 0.1) is 11.3 Å². The Morgan fingerprint density at radius 2 is 1.81 bits per heavy atom. The first-order chi connectivity index (χ1) is 10.2. The Labute approximate surface area is 124 Å². The van der Waals surface area contributed by atoms with Crippen LogP contribution in [0.1, 0.15) is 24.1 Å². The van der Waals surface area contributed by atoms with Crippen LogP contribution in [0.2, 0.25) is 0 Å². The minimum absolute atomic E-state index is 0.200. The van der Waals surface area contributed by atoms with Gasteiger partial charge in [0, 0.05) is 6.04 Å². The Hall–Kier alpha value is -2.51. The molecule has 0 radical (unpaired) electrons. The molecule has 2 N–H and O–H groups in total. The molecule has 0 fully saturated rings. The SMILES string of the molecule is COc1cccc(Oc2ccc(CC#N)cc2)c1[C@H](C)N. The first kappa shape index (κ1) is 14.9. The van der Waals surface area contributed by atoms with E-state index in [0.717, 1.165) is 11.1 Å². The Kier molecular flexibility index (Phi) is 4.81. The monoisotopic (exact) mass is 282 g/mol. The van der Waals surface area contributed by atoms with Crippen molar-refractivity contribution in [3.63, 3.8) is 0 Å². The van der Waals surface area contributed by atoms with Crippen molar-refractivity contribution < 1.29 is 9.47 Å². The third-order valence-electron chi connectivity index (χ3n) is 3.14. The van der Waals surface area contributed by atoms with Crippen LogP contribution < -0.4 is 15.2 Å². The molecule has 2 aromatic carbocycles. The average molecular weight is 282 g/mol. The van der Waals surface area contributed by atoms with E-state index < -0.39 is 0 Å². The topological polar surface area (TPSA) is 68.3 Å². The zero-order valence-electron chi connectivity index (χ0n) is 12.2. The fraction of sp³-hybridized carbons (Fsp3) is 0.235. The number of benzene rings is 2. The van der Waals surface area contributed by atoms with Gasteiger partial charge in [-0.1, -0.05) is 18.2 Å². The smallest absolute Gasteiger partial charge is 0.135 e. The number of hydrogen-bond acceptors (Lipinski definition) is 4. The fourth-order valence-corrected chi connectivity index (χ4v) is 2.13. The number of nitriles is 1. The van der Waals surface area contributed by atoms with Crippen molar-refractivity contribution in [1.29, 1.82) is 5.26 Å². The highest BCUT2D eigenvalue weighted by Gasteiger charge is 2.14. The highest BCUT2D eigenvalue weighted by atomic mass is 16.5. The second kappa shape index (κ2) is 6.78. The molecule has 0 aromatic heterocycles. The van der Waals surface area contributed by atoms with Crippen LogP contribution >= 0.6 is 0 Å². The summed E-state index contributed by atoms with van der Waals surface area (Å²) in [5.41, 5.74) is 7.81. The first-order valence-electron chi connectivity index (χ1n) is 6.72. The predicted octanol–water partition coefficient (Wildman–Crippen LogP) is 3.57. The molecule has 0 amide bonds. The molecule has 4 nitrogen and oxygen atoms in total. The second-order valence-electron chi connectivity index (χ2n) is 4.74. The summed E-state index contributed by atoms with van der Waals surface area (Å²) in [5.74, 6) is 2.09. The predicted molar refractivity (Wildman–Crippen MR) is 81.4 cm³/mol. The van der Waals surface area contributed by atoms with Gasteiger partial charge < -0.3 is 15.2 Å². The third kappa shape index (κ3) is 3.53. The number of nitrogens with zero attached hydrogens (tertiary/aromatic N) is 1. The average Bonchev–Trinajstić information content (AvgIpc) is 2.49. The van der Waals surface area contributed by atoms with Crippen LogP contribution in [0.4, 0.5) is 0 Å². The van der Waals surface area contributed by atoms with Crippen LogP contribution in [-0.4, -0.2) is 7.11 Å². The maximum absolute atomic E-state index is 8.67. The van der Waals surface area contributed by atoms with Gasteiger partial charge in [0.1, 0.15) is 17.2 Å². The van der Waals surface area contributed by atoms with E-state index in [1.165, 1.54) is 0 Å². The molecule has 108 valence electrons. The second-order valence-corrected chi connectivity index (χ2v) is 4.74. The zero-order chi connectivity index (χ0) is 15.2. The van der Waals surface area contributed by atoms with E-state index in [4.69, 9.17) is 20.5 Å². The molecule has 0 spiro atoms. The van der Waals surface area contributed by atoms with E-state index in [9.17, 15) is 0 Å². The molecule has 21 heavy (non-hydrogen) atoms. The summed E-state index contributed by atoms with van der Waals surface area (Å²) in [5, 5.41) is 8.67. The Balaban J connectivity index is 2.29. The van der Waals surface area contributed by atoms with Crippen molar-refractivity contribution in [1.82, 2.24) is 0 Å². The van der Waals surface area contributed by atoms with Gasteiger partial charge in [-0.2, -0.15) is 5.26 Å². The van der Waals surface area contributed by atoms with E-state index in [-0.39, 0.29) is 6.04 Å². The molecule has 2 rings (SSSR count). The Bertz CT molecular complexity index is 643. The minimum Gasteiger partial charge on any atom is -0.496 e. The summed E-state index contributed by atoms with van der Waals surface area (Å²) in [6, 6.07) is 15.0. The lowest BCUT2D eigenvalue weighted by Crippen LogP contribution is -2.08. The minimum atomic E-state index is -0.200. The van der Waals surface area contributed by atoms with E-state index in [2.05, 4.69) is 6.07 Å². The number of rotatable bonds is 5. The van der Waals surface area contributed by atoms with Crippen LogP contribution in [0.3, 0.4) is 0 Å². The summed E-state index contributed by atoms with van der Waals surface area (Å²) in [6.07, 6.45) is 0.393. The number of hydrogen-bond donors (Lipinski definition) is 1. The molecule has 2 aromatic rings. The summed E-state index contributed by atoms with van der Waals surface area (Å²) in [6.45, 7) is 1.89. The quantitative estimate of drug-likeness (QED) is 0.910. The summed E-state index contributed by atoms with van der Waals surface area (Å²) >= 11 is 0. The highest BCUT2D eigenvalue weighted by Crippen LogP contribution is 2.35. The highest BCUT2D eigenvalue weighted by molar-refractivity contribution is 5.48. The number of ether oxygens (including phenoxy) is 2. The molecule has 0 saturated carbocycles. The van der Waals surface area contributed by atoms with Crippen molar-refractivity contribution in [2.75, 3.05) is 7.11 Å². The summed E-state index contributed by atoms with van der Waals surface area (Å²) < 4.78 is 11.2. The lowest BCUT2D eigenvalue weighted by Gasteiger charge is -2.17. The van der Waals surface area contributed by atoms with Gasteiger partial charge in [-0.3, -0.25) is 0 Å². The lowest BCUT2D eigenvalue weighted by molar-refractivity contribution is 0.397. The number of methoxy groups -OCH3 is 1. The van der Waals surface area contributed by atoms with Gasteiger partial charge in [0.25, 0.3) is 0 Å². The van der Waals surface area contributed by atoms with Crippen molar-refractivity contribution in [3.8, 4) is 23.3 Å². The van der Waals surface area contributed by atoms with Crippen LogP contribution in [0.15, 0.2) is 42.5 Å². The molecule has 0 bridgehead atoms. The molecule has 1 atom stereocenters. The molecule has 0 unspecified atom stereocenters. The summed E-state index contributed by atoms with van der Waals surface area (Å²) in [7, 11) is 1.61. The van der Waals surface area contributed by atoms with Gasteiger partial charge in [0.15, 0.2) is 0 Å². The van der Waals surface area contributed by atoms with Crippen LogP contribution in [-0.2, 0) is 6.42 Å². The molecule has 0 aliphatic rings. The van der Waals surface area contributed by atoms with Gasteiger partial charge in [-0.15, -0.1) is 0 Å². The van der Waals surface area contributed by atoms with E-state index in [1.54, 1.807) is 7.11 Å². The zero-order valence-corrected chi connectivity index (χ0v) is 12.2. The normalized spacial score (nSPS) is 11.5. The Morgan fingerprint density at radius 3 is 2.38 bits per heavy atom. The third-order valence-corrected chi connectivity index (χ3v) is 3.14. The van der Waals surface area contributed by atoms with Crippen molar-refractivity contribution >= 4 is 0 Å². The van der Waals surface area contributed by atoms with Gasteiger partial charge >= 0.3 is 0 Å². The van der Waals surface area contributed by atoms with Gasteiger partial charge in [0.2, 0.25) is 0 Å². The number of nitrogens with two attached hydrogens (primary N) is 1. The Morgan fingerprint density at radius 1 is 1.14 bits per heavy atom. The van der Waals surface area contributed by atoms with E-state index in [0.29, 0.717) is 23.7 Å². The maximum atomic E-state index is 8.67. The largest absolute Gasteiger partial charge is 0.496 e. The molecular formula is C17H18N2O2. The first-order valence-corrected chi connectivity index (χ1v) is 6.72. The molecule has 0 aliphatic heterocycles. The van der Waals surface area contributed by atoms with Crippen molar-refractivity contribution in [2.45, 2.75) is 19.4 Å². The summed E-state index contributed by atoms with van der Waals surface area (Å²) in [4.78, 5) is 0. The van der Waals surface area contributed by atoms with E-state index in [1.807, 2.05) is 49.4 Å². The maximum Gasteiger partial charge on any atom is 0.135 e. The fourth-order valence-electron chi connectivity index (χ4n) is 2.13. The molecular weight excluding hydrogens is 264 g/mol. The van der Waals surface area contributed by atoms with Crippen LogP contribution in [0.5, 0.6) is 17.2 Å². The van der Waals surface area contributed by atoms with Crippen molar-refractivity contribution in [3.05, 3.63) is 53.6 Å². The van der Waals surface area contributed by atoms with Crippen LogP contribution in [0.25, 0.3) is 0 Å². The molecule has 4 heteroatoms. The standard InChI is InChI=1S/C17H18N2O2/c1-12(19)17-15(20-2)4-3-5-16(17)21-14-8-6-13(7-9-14)10-11-18/h3-9,12H,10,19H2,1-2H3/t12-/m0/s1. The van der Waals surface area contributed by atoms with Gasteiger partial charge in [0.05, 0.1) is 25.2 Å². The van der Waals surface area contributed by atoms with Crippen molar-refractivity contribution in [2.24, 2.45) is 5.73 Å². The molecule has 0 saturated heterocycles. The molecule has 0 aliphatic carbocycles. The lowest BCUT2D eigenvalue weighted by atomic mass is 10.1.